The van der Waals surface area contributed by atoms with Crippen LogP contribution in [0.3, 0.4) is 0 Å². The second-order valence-electron chi connectivity index (χ2n) is 10.6. The Hall–Kier alpha value is -2.85. The molecule has 196 valence electrons. The fourth-order valence-corrected chi connectivity index (χ4v) is 6.27. The van der Waals surface area contributed by atoms with Crippen molar-refractivity contribution < 1.29 is 13.2 Å². The molecule has 2 aliphatic carbocycles. The van der Waals surface area contributed by atoms with Gasteiger partial charge in [-0.3, -0.25) is 0 Å². The number of benzene rings is 1. The van der Waals surface area contributed by atoms with Crippen LogP contribution in [0.2, 0.25) is 5.02 Å². The molecular weight excluding hydrogens is 503 g/mol. The number of nitrogen functional groups attached to an aromatic ring is 1. The minimum absolute atomic E-state index is 0.320. The summed E-state index contributed by atoms with van der Waals surface area (Å²) >= 11 is 5.82. The quantitative estimate of drug-likeness (QED) is 0.276. The standard InChI is InChI=1S/C26H29ClF3N7/c27-20-11-22-21(10-19(20)26(28,29)30)35-23(36-22)4-2-14-7-16(8-14)32-12-15-1-3-17(9-15)37-6-5-18-24(31)33-13-34-25(18)37/h5-6,10-11,13-17,32H,1-4,7-9,12H2,(H,35,36)(H2,31,33,34). The topological polar surface area (TPSA) is 97.4 Å². The molecule has 0 bridgehead atoms. The first-order valence-electron chi connectivity index (χ1n) is 12.8. The van der Waals surface area contributed by atoms with Gasteiger partial charge in [0.1, 0.15) is 23.6 Å². The zero-order valence-corrected chi connectivity index (χ0v) is 21.0. The number of aromatic nitrogens is 5. The molecule has 0 saturated heterocycles. The van der Waals surface area contributed by atoms with E-state index in [-0.39, 0.29) is 5.02 Å². The highest BCUT2D eigenvalue weighted by molar-refractivity contribution is 6.32. The zero-order valence-electron chi connectivity index (χ0n) is 20.2. The molecule has 6 rings (SSSR count). The van der Waals surface area contributed by atoms with Crippen LogP contribution in [-0.4, -0.2) is 37.1 Å². The molecule has 3 aromatic heterocycles. The van der Waals surface area contributed by atoms with Crippen molar-refractivity contribution in [1.29, 1.82) is 0 Å². The Morgan fingerprint density at radius 1 is 1.14 bits per heavy atom. The molecule has 0 radical (unpaired) electrons. The lowest BCUT2D eigenvalue weighted by Gasteiger charge is -2.36. The highest BCUT2D eigenvalue weighted by Crippen LogP contribution is 2.39. The van der Waals surface area contributed by atoms with E-state index in [9.17, 15) is 13.2 Å². The number of alkyl halides is 3. The molecular formula is C26H29ClF3N7. The molecule has 2 fully saturated rings. The molecule has 4 aromatic rings. The molecule has 4 N–H and O–H groups in total. The van der Waals surface area contributed by atoms with Crippen molar-refractivity contribution in [3.8, 4) is 0 Å². The van der Waals surface area contributed by atoms with Crippen LogP contribution in [0.1, 0.15) is 56.0 Å². The number of nitrogens with two attached hydrogens (primary N) is 1. The van der Waals surface area contributed by atoms with Gasteiger partial charge in [0.25, 0.3) is 0 Å². The number of aromatic amines is 1. The summed E-state index contributed by atoms with van der Waals surface area (Å²) in [5.41, 5.74) is 6.91. The Bertz CT molecular complexity index is 1420. The minimum Gasteiger partial charge on any atom is -0.383 e. The Labute approximate surface area is 217 Å². The lowest BCUT2D eigenvalue weighted by molar-refractivity contribution is -0.137. The normalized spacial score (nSPS) is 24.2. The number of rotatable bonds is 7. The van der Waals surface area contributed by atoms with Gasteiger partial charge in [-0.05, 0) is 75.1 Å². The molecule has 2 aliphatic rings. The fraction of sp³-hybridized carbons (Fsp3) is 0.500. The lowest BCUT2D eigenvalue weighted by atomic mass is 9.77. The minimum atomic E-state index is -4.48. The van der Waals surface area contributed by atoms with E-state index in [1.807, 2.05) is 6.07 Å². The number of hydrogen-bond acceptors (Lipinski definition) is 5. The maximum Gasteiger partial charge on any atom is 0.417 e. The summed E-state index contributed by atoms with van der Waals surface area (Å²) in [7, 11) is 0. The van der Waals surface area contributed by atoms with Gasteiger partial charge in [0.05, 0.1) is 27.0 Å². The maximum absolute atomic E-state index is 13.1. The smallest absolute Gasteiger partial charge is 0.383 e. The average Bonchev–Trinajstić information content (AvgIpc) is 3.54. The summed E-state index contributed by atoms with van der Waals surface area (Å²) in [5.74, 6) is 2.49. The van der Waals surface area contributed by atoms with Crippen LogP contribution in [0.25, 0.3) is 22.1 Å². The molecule has 0 amide bonds. The number of halogens is 4. The summed E-state index contributed by atoms with van der Waals surface area (Å²) in [5, 5.41) is 4.35. The van der Waals surface area contributed by atoms with E-state index in [0.717, 1.165) is 55.7 Å². The zero-order chi connectivity index (χ0) is 25.7. The number of hydrogen-bond donors (Lipinski definition) is 3. The molecule has 0 aliphatic heterocycles. The second-order valence-corrected chi connectivity index (χ2v) is 11.0. The van der Waals surface area contributed by atoms with Crippen LogP contribution in [0.4, 0.5) is 19.0 Å². The number of aryl methyl sites for hydroxylation is 1. The predicted octanol–water partition coefficient (Wildman–Crippen LogP) is 5.90. The van der Waals surface area contributed by atoms with E-state index >= 15 is 0 Å². The summed E-state index contributed by atoms with van der Waals surface area (Å²) in [4.78, 5) is 16.0. The first-order valence-corrected chi connectivity index (χ1v) is 13.2. The molecule has 37 heavy (non-hydrogen) atoms. The van der Waals surface area contributed by atoms with Crippen molar-refractivity contribution in [2.45, 2.75) is 63.2 Å². The van der Waals surface area contributed by atoms with Crippen molar-refractivity contribution >= 4 is 39.5 Å². The van der Waals surface area contributed by atoms with E-state index < -0.39 is 11.7 Å². The lowest BCUT2D eigenvalue weighted by Crippen LogP contribution is -2.43. The van der Waals surface area contributed by atoms with Crippen molar-refractivity contribution in [2.75, 3.05) is 12.3 Å². The Balaban J connectivity index is 0.954. The number of anilines is 1. The van der Waals surface area contributed by atoms with E-state index in [2.05, 4.69) is 36.0 Å². The van der Waals surface area contributed by atoms with Gasteiger partial charge in [-0.25, -0.2) is 15.0 Å². The molecule has 0 spiro atoms. The summed E-state index contributed by atoms with van der Waals surface area (Å²) in [6.07, 6.45) is 6.52. The Kier molecular flexibility index (Phi) is 6.27. The van der Waals surface area contributed by atoms with E-state index in [0.29, 0.717) is 53.0 Å². The summed E-state index contributed by atoms with van der Waals surface area (Å²) in [6, 6.07) is 5.32. The summed E-state index contributed by atoms with van der Waals surface area (Å²) < 4.78 is 41.6. The van der Waals surface area contributed by atoms with Gasteiger partial charge in [-0.1, -0.05) is 11.6 Å². The third-order valence-electron chi connectivity index (χ3n) is 8.09. The molecule has 7 nitrogen and oxygen atoms in total. The van der Waals surface area contributed by atoms with Crippen LogP contribution >= 0.6 is 11.6 Å². The van der Waals surface area contributed by atoms with Crippen LogP contribution in [-0.2, 0) is 12.6 Å². The number of H-pyrrole nitrogens is 1. The fourth-order valence-electron chi connectivity index (χ4n) is 6.00. The number of imidazole rings is 1. The first-order chi connectivity index (χ1) is 17.7. The van der Waals surface area contributed by atoms with Crippen LogP contribution in [0, 0.1) is 11.8 Å². The largest absolute Gasteiger partial charge is 0.417 e. The van der Waals surface area contributed by atoms with E-state index in [1.165, 1.54) is 18.8 Å². The monoisotopic (exact) mass is 531 g/mol. The van der Waals surface area contributed by atoms with E-state index in [1.54, 1.807) is 0 Å². The van der Waals surface area contributed by atoms with Crippen LogP contribution in [0.5, 0.6) is 0 Å². The second kappa shape index (κ2) is 9.47. The number of fused-ring (bicyclic) bond motifs is 2. The third kappa shape index (κ3) is 4.88. The first kappa shape index (κ1) is 24.5. The third-order valence-corrected chi connectivity index (χ3v) is 8.41. The molecule has 2 atom stereocenters. The van der Waals surface area contributed by atoms with Crippen LogP contribution < -0.4 is 11.1 Å². The van der Waals surface area contributed by atoms with Gasteiger partial charge >= 0.3 is 6.18 Å². The van der Waals surface area contributed by atoms with E-state index in [4.69, 9.17) is 17.3 Å². The van der Waals surface area contributed by atoms with Gasteiger partial charge in [0.2, 0.25) is 0 Å². The molecule has 11 heteroatoms. The Morgan fingerprint density at radius 2 is 1.97 bits per heavy atom. The highest BCUT2D eigenvalue weighted by atomic mass is 35.5. The Morgan fingerprint density at radius 3 is 2.78 bits per heavy atom. The van der Waals surface area contributed by atoms with Gasteiger partial charge in [0, 0.05) is 24.7 Å². The number of nitrogens with zero attached hydrogens (tertiary/aromatic N) is 4. The van der Waals surface area contributed by atoms with Crippen molar-refractivity contribution in [3.63, 3.8) is 0 Å². The molecule has 2 saturated carbocycles. The van der Waals surface area contributed by atoms with Crippen molar-refractivity contribution in [3.05, 3.63) is 47.1 Å². The van der Waals surface area contributed by atoms with Gasteiger partial charge in [-0.2, -0.15) is 13.2 Å². The van der Waals surface area contributed by atoms with Gasteiger partial charge in [-0.15, -0.1) is 0 Å². The molecule has 3 heterocycles. The average molecular weight is 532 g/mol. The van der Waals surface area contributed by atoms with Gasteiger partial charge in [0.15, 0.2) is 0 Å². The highest BCUT2D eigenvalue weighted by Gasteiger charge is 2.34. The predicted molar refractivity (Wildman–Crippen MR) is 137 cm³/mol. The maximum atomic E-state index is 13.1. The molecule has 2 unspecified atom stereocenters. The summed E-state index contributed by atoms with van der Waals surface area (Å²) in [6.45, 7) is 1.02. The number of nitrogens with one attached hydrogen (secondary N) is 2. The van der Waals surface area contributed by atoms with Crippen LogP contribution in [0.15, 0.2) is 30.7 Å². The van der Waals surface area contributed by atoms with Crippen molar-refractivity contribution in [2.24, 2.45) is 11.8 Å². The van der Waals surface area contributed by atoms with Crippen molar-refractivity contribution in [1.82, 2.24) is 29.8 Å². The SMILES string of the molecule is Nc1ncnc2c1ccn2C1CCC(CNC2CC(CCc3nc4cc(Cl)c(C(F)(F)F)cc4[nH]3)C2)C1. The van der Waals surface area contributed by atoms with Gasteiger partial charge < -0.3 is 20.6 Å². The molecule has 1 aromatic carbocycles.